The average molecular weight is 1000 g/mol. The van der Waals surface area contributed by atoms with Crippen molar-refractivity contribution in [2.75, 3.05) is 38.6 Å². The predicted molar refractivity (Wildman–Crippen MR) is 277 cm³/mol. The van der Waals surface area contributed by atoms with Gasteiger partial charge in [-0.05, 0) is 68.8 Å². The van der Waals surface area contributed by atoms with Crippen LogP contribution in [0.3, 0.4) is 0 Å². The van der Waals surface area contributed by atoms with Gasteiger partial charge in [-0.15, -0.1) is 0 Å². The van der Waals surface area contributed by atoms with E-state index in [0.717, 1.165) is 39.6 Å². The molecule has 17 heteroatoms. The summed E-state index contributed by atoms with van der Waals surface area (Å²) in [5, 5.41) is 47.7. The Morgan fingerprint density at radius 3 is 2.35 bits per heavy atom. The average Bonchev–Trinajstić information content (AvgIpc) is 3.83. The molecule has 1 saturated carbocycles. The van der Waals surface area contributed by atoms with Crippen LogP contribution in [-0.4, -0.2) is 105 Å². The normalized spacial score (nSPS) is 28.9. The highest BCUT2D eigenvalue weighted by Crippen LogP contribution is 2.50. The summed E-state index contributed by atoms with van der Waals surface area (Å²) >= 11 is 0. The van der Waals surface area contributed by atoms with E-state index in [0.29, 0.717) is 55.2 Å². The van der Waals surface area contributed by atoms with Crippen molar-refractivity contribution in [3.05, 3.63) is 69.9 Å². The van der Waals surface area contributed by atoms with Crippen LogP contribution in [0.5, 0.6) is 17.2 Å². The van der Waals surface area contributed by atoms with Crippen LogP contribution in [0.4, 0.5) is 5.69 Å². The van der Waals surface area contributed by atoms with E-state index in [2.05, 4.69) is 24.1 Å². The number of rotatable bonds is 8. The molecule has 1 aliphatic carbocycles. The zero-order valence-electron chi connectivity index (χ0n) is 44.2. The second-order valence-electron chi connectivity index (χ2n) is 21.6. The van der Waals surface area contributed by atoms with E-state index < -0.39 is 53.0 Å². The van der Waals surface area contributed by atoms with Gasteiger partial charge in [-0.25, -0.2) is 5.84 Å². The van der Waals surface area contributed by atoms with Gasteiger partial charge in [0.2, 0.25) is 0 Å². The van der Waals surface area contributed by atoms with E-state index in [4.69, 9.17) is 40.9 Å². The first kappa shape index (κ1) is 55.8. The number of carbonyl (C=O) groups excluding carboxylic acids is 3. The summed E-state index contributed by atoms with van der Waals surface area (Å²) in [6, 6.07) is 0. The predicted octanol–water partition coefficient (Wildman–Crippen LogP) is 6.69. The molecule has 6 aliphatic rings. The third-order valence-corrected chi connectivity index (χ3v) is 15.1. The molecule has 9 N–H and O–H groups in total. The molecule has 2 aromatic rings. The van der Waals surface area contributed by atoms with Crippen LogP contribution >= 0.6 is 0 Å². The summed E-state index contributed by atoms with van der Waals surface area (Å²) < 4.78 is 18.7. The number of esters is 1. The first-order chi connectivity index (χ1) is 34.1. The van der Waals surface area contributed by atoms with Crippen LogP contribution < -0.4 is 32.3 Å². The molecular formula is C55H81N7O10. The topological polar surface area (TPSA) is 255 Å². The number of hydrazine groups is 1. The van der Waals surface area contributed by atoms with E-state index in [1.165, 1.54) is 37.5 Å². The van der Waals surface area contributed by atoms with Gasteiger partial charge >= 0.3 is 11.8 Å². The first-order valence-corrected chi connectivity index (χ1v) is 25.9. The first-order valence-electron chi connectivity index (χ1n) is 25.9. The Labute approximate surface area is 424 Å². The summed E-state index contributed by atoms with van der Waals surface area (Å²) in [7, 11) is 1.00. The van der Waals surface area contributed by atoms with Crippen LogP contribution in [-0.2, 0) is 19.1 Å². The van der Waals surface area contributed by atoms with E-state index in [-0.39, 0.29) is 74.1 Å². The van der Waals surface area contributed by atoms with Gasteiger partial charge in [0.25, 0.3) is 11.7 Å². The smallest absolute Gasteiger partial charge is 0.327 e. The fourth-order valence-electron chi connectivity index (χ4n) is 11.2. The molecule has 1 spiro atoms. The number of nitrogens with two attached hydrogens (primary N) is 2. The Kier molecular flexibility index (Phi) is 18.3. The minimum atomic E-state index is -1.90. The van der Waals surface area contributed by atoms with E-state index >= 15 is 0 Å². The second-order valence-corrected chi connectivity index (χ2v) is 21.6. The van der Waals surface area contributed by atoms with Crippen LogP contribution in [0.1, 0.15) is 136 Å². The standard InChI is InChI=1S/C54H77N7O9.CH4O/c1-30(2)27-60-22-20-54(21-23-60)58-43-40-41-47(64)36(8)50-42(40)51(66)53(9,70-50)68-24-14-17-32(4)49(69-39(62)29-61(56)28-38(55)26-37-18-11-10-12-19-37)35(7)46(63)34(6)25-31(3)15-13-16-33(5)52(67)57-45(48(41)65)44(43)59-54;1-2/h13-16,24,28,30-32,34-35,37,46,49,63-65H,10-12,17-23,25-27,29,55-56H2,1-9H3,(H,57,67);2H,1H3/b15-13+,24-14+,33-16-,38-28-;/t31?,32-,34-,35-,46?,49?,53?;/m1./s1. The Hall–Kier alpha value is -5.49. The van der Waals surface area contributed by atoms with Gasteiger partial charge in [-0.2, -0.15) is 0 Å². The minimum absolute atomic E-state index is 0.0120. The number of benzene rings is 2. The van der Waals surface area contributed by atoms with Gasteiger partial charge in [-0.3, -0.25) is 24.4 Å². The zero-order valence-corrected chi connectivity index (χ0v) is 44.2. The lowest BCUT2D eigenvalue weighted by Crippen LogP contribution is -2.43. The largest absolute Gasteiger partial charge is 0.507 e. The van der Waals surface area contributed by atoms with Crippen LogP contribution in [0.15, 0.2) is 58.0 Å². The van der Waals surface area contributed by atoms with Crippen molar-refractivity contribution < 1.29 is 49.0 Å². The number of allylic oxidation sites excluding steroid dienone is 5. The van der Waals surface area contributed by atoms with Crippen molar-refractivity contribution in [3.63, 3.8) is 0 Å². The summed E-state index contributed by atoms with van der Waals surface area (Å²) in [4.78, 5) is 55.2. The highest BCUT2D eigenvalue weighted by Gasteiger charge is 2.50. The minimum Gasteiger partial charge on any atom is -0.507 e. The number of ketones is 1. The Bertz CT molecular complexity index is 2580. The molecule has 5 aliphatic heterocycles. The number of likely N-dealkylation sites (tertiary alicyclic amines) is 1. The number of aromatic hydroxyl groups is 2. The number of anilines is 1. The van der Waals surface area contributed by atoms with Crippen molar-refractivity contribution >= 4 is 34.1 Å². The Morgan fingerprint density at radius 1 is 1.01 bits per heavy atom. The quantitative estimate of drug-likeness (QED) is 0.0630. The van der Waals surface area contributed by atoms with Gasteiger partial charge in [0.05, 0.1) is 28.7 Å². The van der Waals surface area contributed by atoms with Gasteiger partial charge < -0.3 is 55.6 Å². The number of fused-ring (bicyclic) bond motifs is 13. The molecule has 2 fully saturated rings. The molecule has 1 saturated heterocycles. The third kappa shape index (κ3) is 12.3. The number of phenolic OH excluding ortho intramolecular Hbond substituents is 2. The number of amides is 1. The molecule has 4 unspecified atom stereocenters. The summed E-state index contributed by atoms with van der Waals surface area (Å²) in [5.74, 6) is 1.90. The summed E-state index contributed by atoms with van der Waals surface area (Å²) in [6.45, 7) is 19.0. The van der Waals surface area contributed by atoms with Crippen molar-refractivity contribution in [3.8, 4) is 17.2 Å². The number of aliphatic hydroxyl groups excluding tert-OH is 2. The number of carbonyl (C=O) groups is 3. The second kappa shape index (κ2) is 23.6. The molecular weight excluding hydrogens is 919 g/mol. The van der Waals surface area contributed by atoms with Gasteiger partial charge in [0, 0.05) is 80.8 Å². The highest BCUT2D eigenvalue weighted by molar-refractivity contribution is 6.19. The molecule has 7 atom stereocenters. The fourth-order valence-corrected chi connectivity index (χ4v) is 11.2. The van der Waals surface area contributed by atoms with Gasteiger partial charge in [0.15, 0.2) is 11.4 Å². The molecule has 1 amide bonds. The lowest BCUT2D eigenvalue weighted by molar-refractivity contribution is -0.159. The molecule has 8 rings (SSSR count). The molecule has 396 valence electrons. The van der Waals surface area contributed by atoms with E-state index in [9.17, 15) is 29.7 Å². The van der Waals surface area contributed by atoms with Gasteiger partial charge in [0.1, 0.15) is 35.2 Å². The Balaban J connectivity index is 0.00000418. The fraction of sp³-hybridized carbons (Fsp3) is 0.618. The Morgan fingerprint density at radius 2 is 1.68 bits per heavy atom. The molecule has 0 aromatic heterocycles. The molecule has 5 bridgehead atoms. The maximum absolute atomic E-state index is 14.8. The zero-order chi connectivity index (χ0) is 52.8. The highest BCUT2D eigenvalue weighted by atomic mass is 16.7. The van der Waals surface area contributed by atoms with Gasteiger partial charge in [-0.1, -0.05) is 91.9 Å². The lowest BCUT2D eigenvalue weighted by Gasteiger charge is -2.36. The molecule has 5 heterocycles. The number of ether oxygens (including phenoxy) is 3. The van der Waals surface area contributed by atoms with Crippen molar-refractivity contribution in [2.45, 2.75) is 150 Å². The number of hydrogen-bond acceptors (Lipinski definition) is 16. The molecule has 0 radical (unpaired) electrons. The van der Waals surface area contributed by atoms with Crippen molar-refractivity contribution in [1.82, 2.24) is 9.91 Å². The number of Topliss-reactive ketones (excluding diaryl/α,β-unsaturated/α-hetero) is 1. The van der Waals surface area contributed by atoms with Crippen LogP contribution in [0.25, 0.3) is 10.8 Å². The van der Waals surface area contributed by atoms with Crippen LogP contribution in [0, 0.1) is 42.4 Å². The molecule has 2 aromatic carbocycles. The molecule has 72 heavy (non-hydrogen) atoms. The maximum Gasteiger partial charge on any atom is 0.327 e. The number of hydrogen-bond donors (Lipinski definition) is 7. The SMILES string of the molecule is C/C1=C/C=C/C(C)C[C@@H](C)C(O)[C@@H](C)C(OC(=O)CN(N)/C=C(\N)CC2CCCCC2)[C@H](C)C/C=C/OC2(C)Oc3c(C)c(O)c4c(O)c(c5c(c4c3C2=O)=NC2(CCN(CC(C)C)CC2)N=5)NC1=O.CO. The monoisotopic (exact) mass is 1000 g/mol. The number of aliphatic hydroxyl groups is 2. The number of piperidine rings is 1. The molecule has 17 nitrogen and oxygen atoms in total. The van der Waals surface area contributed by atoms with E-state index in [1.54, 1.807) is 38.3 Å². The maximum atomic E-state index is 14.8. The summed E-state index contributed by atoms with van der Waals surface area (Å²) in [5.41, 5.74) is 6.61. The number of nitrogens with one attached hydrogen (secondary N) is 1. The number of phenols is 2. The van der Waals surface area contributed by atoms with Crippen molar-refractivity contribution in [1.29, 1.82) is 0 Å². The lowest BCUT2D eigenvalue weighted by atomic mass is 9.80. The van der Waals surface area contributed by atoms with E-state index in [1.807, 2.05) is 33.8 Å². The number of nitrogens with zero attached hydrogens (tertiary/aromatic N) is 4. The van der Waals surface area contributed by atoms with Crippen molar-refractivity contribution in [2.24, 2.45) is 57.1 Å². The third-order valence-electron chi connectivity index (χ3n) is 15.1. The van der Waals surface area contributed by atoms with Crippen LogP contribution in [0.2, 0.25) is 0 Å². The summed E-state index contributed by atoms with van der Waals surface area (Å²) in [6.07, 6.45) is 17.1.